The molecular formula is C15H18N2OS. The predicted octanol–water partition coefficient (Wildman–Crippen LogP) is 2.19. The van der Waals surface area contributed by atoms with Crippen LogP contribution in [0.25, 0.3) is 0 Å². The third-order valence-corrected chi connectivity index (χ3v) is 4.67. The number of hydrogen-bond donors (Lipinski definition) is 1. The first-order valence-electron chi connectivity index (χ1n) is 6.84. The first-order chi connectivity index (χ1) is 9.15. The van der Waals surface area contributed by atoms with Crippen LogP contribution in [-0.2, 0) is 0 Å². The van der Waals surface area contributed by atoms with Gasteiger partial charge in [0.15, 0.2) is 0 Å². The first kappa shape index (κ1) is 12.6. The van der Waals surface area contributed by atoms with Gasteiger partial charge in [0.05, 0.1) is 0 Å². The number of rotatable bonds is 2. The van der Waals surface area contributed by atoms with E-state index in [-0.39, 0.29) is 5.91 Å². The topological polar surface area (TPSA) is 46.3 Å². The zero-order chi connectivity index (χ0) is 13.4. The van der Waals surface area contributed by atoms with Gasteiger partial charge in [0, 0.05) is 24.2 Å². The SMILES string of the molecule is NC(=S)c1ccc(C(=O)N2CC3CCCC3C2)cc1. The van der Waals surface area contributed by atoms with Crippen molar-refractivity contribution in [2.24, 2.45) is 17.6 Å². The van der Waals surface area contributed by atoms with Gasteiger partial charge < -0.3 is 10.6 Å². The summed E-state index contributed by atoms with van der Waals surface area (Å²) in [7, 11) is 0. The second-order valence-corrected chi connectivity index (χ2v) is 6.04. The molecule has 3 rings (SSSR count). The number of fused-ring (bicyclic) bond motifs is 1. The number of carbonyl (C=O) groups is 1. The van der Waals surface area contributed by atoms with Gasteiger partial charge in [-0.1, -0.05) is 30.8 Å². The maximum absolute atomic E-state index is 12.4. The first-order valence-corrected chi connectivity index (χ1v) is 7.25. The van der Waals surface area contributed by atoms with E-state index in [0.717, 1.165) is 36.1 Å². The fourth-order valence-electron chi connectivity index (χ4n) is 3.36. The smallest absolute Gasteiger partial charge is 0.253 e. The van der Waals surface area contributed by atoms with Crippen molar-refractivity contribution in [3.05, 3.63) is 35.4 Å². The molecule has 1 amide bonds. The van der Waals surface area contributed by atoms with Crippen LogP contribution in [0.4, 0.5) is 0 Å². The zero-order valence-electron chi connectivity index (χ0n) is 10.8. The van der Waals surface area contributed by atoms with Crippen LogP contribution in [0.2, 0.25) is 0 Å². The van der Waals surface area contributed by atoms with Gasteiger partial charge in [-0.25, -0.2) is 0 Å². The second-order valence-electron chi connectivity index (χ2n) is 5.60. The van der Waals surface area contributed by atoms with E-state index in [1.54, 1.807) is 0 Å². The number of amides is 1. The fraction of sp³-hybridized carbons (Fsp3) is 0.467. The van der Waals surface area contributed by atoms with Crippen LogP contribution < -0.4 is 5.73 Å². The van der Waals surface area contributed by atoms with Crippen molar-refractivity contribution in [3.8, 4) is 0 Å². The molecule has 2 unspecified atom stereocenters. The minimum atomic E-state index is 0.142. The van der Waals surface area contributed by atoms with Crippen molar-refractivity contribution >= 4 is 23.1 Å². The number of hydrogen-bond acceptors (Lipinski definition) is 2. The molecule has 1 aliphatic heterocycles. The van der Waals surface area contributed by atoms with Gasteiger partial charge in [0.2, 0.25) is 0 Å². The van der Waals surface area contributed by atoms with Crippen LogP contribution in [-0.4, -0.2) is 28.9 Å². The summed E-state index contributed by atoms with van der Waals surface area (Å²) in [6.45, 7) is 1.86. The third-order valence-electron chi connectivity index (χ3n) is 4.43. The van der Waals surface area contributed by atoms with Crippen LogP contribution in [0.5, 0.6) is 0 Å². The number of carbonyl (C=O) groups excluding carboxylic acids is 1. The number of likely N-dealkylation sites (tertiary alicyclic amines) is 1. The molecule has 100 valence electrons. The van der Waals surface area contributed by atoms with Crippen LogP contribution in [0.1, 0.15) is 35.2 Å². The van der Waals surface area contributed by atoms with Crippen LogP contribution in [0.15, 0.2) is 24.3 Å². The van der Waals surface area contributed by atoms with Crippen LogP contribution in [0, 0.1) is 11.8 Å². The van der Waals surface area contributed by atoms with Gasteiger partial charge in [-0.15, -0.1) is 0 Å². The Labute approximate surface area is 118 Å². The summed E-state index contributed by atoms with van der Waals surface area (Å²) >= 11 is 4.91. The molecule has 1 aromatic rings. The van der Waals surface area contributed by atoms with Crippen molar-refractivity contribution in [1.29, 1.82) is 0 Å². The molecule has 1 heterocycles. The summed E-state index contributed by atoms with van der Waals surface area (Å²) in [6, 6.07) is 7.30. The molecule has 0 radical (unpaired) electrons. The number of nitrogens with zero attached hydrogens (tertiary/aromatic N) is 1. The lowest BCUT2D eigenvalue weighted by atomic mass is 10.0. The van der Waals surface area contributed by atoms with Crippen molar-refractivity contribution in [3.63, 3.8) is 0 Å². The summed E-state index contributed by atoms with van der Waals surface area (Å²) in [5, 5.41) is 0. The monoisotopic (exact) mass is 274 g/mol. The molecular weight excluding hydrogens is 256 g/mol. The van der Waals surface area contributed by atoms with E-state index in [0.29, 0.717) is 4.99 Å². The van der Waals surface area contributed by atoms with E-state index in [1.165, 1.54) is 19.3 Å². The molecule has 1 aliphatic carbocycles. The molecule has 2 atom stereocenters. The molecule has 0 bridgehead atoms. The minimum absolute atomic E-state index is 0.142. The Morgan fingerprint density at radius 3 is 2.16 bits per heavy atom. The Hall–Kier alpha value is -1.42. The Morgan fingerprint density at radius 2 is 1.63 bits per heavy atom. The standard InChI is InChI=1S/C15H18N2OS/c16-14(19)10-4-6-11(7-5-10)15(18)17-8-12-2-1-3-13(12)9-17/h4-7,12-13H,1-3,8-9H2,(H2,16,19). The summed E-state index contributed by atoms with van der Waals surface area (Å²) in [6.07, 6.45) is 3.91. The lowest BCUT2D eigenvalue weighted by molar-refractivity contribution is 0.0780. The minimum Gasteiger partial charge on any atom is -0.389 e. The molecule has 19 heavy (non-hydrogen) atoms. The van der Waals surface area contributed by atoms with Crippen LogP contribution >= 0.6 is 12.2 Å². The molecule has 1 saturated heterocycles. The average Bonchev–Trinajstić information content (AvgIpc) is 2.98. The van der Waals surface area contributed by atoms with E-state index in [1.807, 2.05) is 29.2 Å². The van der Waals surface area contributed by atoms with E-state index in [2.05, 4.69) is 0 Å². The predicted molar refractivity (Wildman–Crippen MR) is 79.1 cm³/mol. The van der Waals surface area contributed by atoms with Crippen molar-refractivity contribution in [2.75, 3.05) is 13.1 Å². The highest BCUT2D eigenvalue weighted by Crippen LogP contribution is 2.38. The van der Waals surface area contributed by atoms with E-state index in [9.17, 15) is 4.79 Å². The summed E-state index contributed by atoms with van der Waals surface area (Å²) in [4.78, 5) is 14.8. The van der Waals surface area contributed by atoms with Gasteiger partial charge in [-0.2, -0.15) is 0 Å². The molecule has 2 N–H and O–H groups in total. The largest absolute Gasteiger partial charge is 0.389 e. The molecule has 4 heteroatoms. The van der Waals surface area contributed by atoms with Crippen molar-refractivity contribution in [1.82, 2.24) is 4.90 Å². The van der Waals surface area contributed by atoms with Gasteiger partial charge in [-0.05, 0) is 36.8 Å². The van der Waals surface area contributed by atoms with Crippen molar-refractivity contribution < 1.29 is 4.79 Å². The van der Waals surface area contributed by atoms with Gasteiger partial charge in [0.1, 0.15) is 4.99 Å². The summed E-state index contributed by atoms with van der Waals surface area (Å²) < 4.78 is 0. The van der Waals surface area contributed by atoms with E-state index >= 15 is 0 Å². The van der Waals surface area contributed by atoms with Crippen LogP contribution in [0.3, 0.4) is 0 Å². The van der Waals surface area contributed by atoms with Gasteiger partial charge in [0.25, 0.3) is 5.91 Å². The Kier molecular flexibility index (Phi) is 3.27. The Balaban J connectivity index is 1.72. The van der Waals surface area contributed by atoms with Gasteiger partial charge >= 0.3 is 0 Å². The molecule has 0 spiro atoms. The maximum atomic E-state index is 12.4. The number of benzene rings is 1. The fourth-order valence-corrected chi connectivity index (χ4v) is 3.50. The summed E-state index contributed by atoms with van der Waals surface area (Å²) in [5.74, 6) is 1.61. The third kappa shape index (κ3) is 2.37. The molecule has 3 nitrogen and oxygen atoms in total. The van der Waals surface area contributed by atoms with Crippen molar-refractivity contribution in [2.45, 2.75) is 19.3 Å². The second kappa shape index (κ2) is 4.93. The molecule has 1 saturated carbocycles. The number of nitrogens with two attached hydrogens (primary N) is 1. The maximum Gasteiger partial charge on any atom is 0.253 e. The Bertz CT molecular complexity index is 499. The normalized spacial score (nSPS) is 25.4. The average molecular weight is 274 g/mol. The molecule has 1 aromatic carbocycles. The molecule has 2 fully saturated rings. The summed E-state index contributed by atoms with van der Waals surface area (Å²) in [5.41, 5.74) is 7.11. The lowest BCUT2D eigenvalue weighted by Gasteiger charge is -2.17. The van der Waals surface area contributed by atoms with E-state index in [4.69, 9.17) is 18.0 Å². The Morgan fingerprint density at radius 1 is 1.11 bits per heavy atom. The molecule has 2 aliphatic rings. The highest BCUT2D eigenvalue weighted by atomic mass is 32.1. The molecule has 0 aromatic heterocycles. The highest BCUT2D eigenvalue weighted by molar-refractivity contribution is 7.80. The quantitative estimate of drug-likeness (QED) is 0.841. The zero-order valence-corrected chi connectivity index (χ0v) is 11.7. The highest BCUT2D eigenvalue weighted by Gasteiger charge is 2.38. The lowest BCUT2D eigenvalue weighted by Crippen LogP contribution is -2.29. The van der Waals surface area contributed by atoms with E-state index < -0.39 is 0 Å². The number of thiocarbonyl (C=S) groups is 1. The van der Waals surface area contributed by atoms with Gasteiger partial charge in [-0.3, -0.25) is 4.79 Å².